The zero-order chi connectivity index (χ0) is 16.2. The fraction of sp³-hybridized carbons (Fsp3) is 0.294. The van der Waals surface area contributed by atoms with Crippen molar-refractivity contribution in [3.8, 4) is 5.75 Å². The average Bonchev–Trinajstić information content (AvgIpc) is 2.46. The van der Waals surface area contributed by atoms with E-state index in [-0.39, 0.29) is 4.90 Å². The molecule has 0 aliphatic rings. The van der Waals surface area contributed by atoms with Crippen molar-refractivity contribution in [3.05, 3.63) is 54.1 Å². The highest BCUT2D eigenvalue weighted by atomic mass is 32.2. The molecule has 118 valence electrons. The molecular formula is C17H21NO3S. The summed E-state index contributed by atoms with van der Waals surface area (Å²) in [7, 11) is -3.56. The summed E-state index contributed by atoms with van der Waals surface area (Å²) in [5, 5.41) is 0. The van der Waals surface area contributed by atoms with Crippen molar-refractivity contribution < 1.29 is 13.2 Å². The van der Waals surface area contributed by atoms with Gasteiger partial charge in [-0.15, -0.1) is 0 Å². The highest BCUT2D eigenvalue weighted by Crippen LogP contribution is 2.20. The number of rotatable bonds is 6. The second kappa shape index (κ2) is 6.83. The zero-order valence-electron chi connectivity index (χ0n) is 13.0. The van der Waals surface area contributed by atoms with E-state index in [1.54, 1.807) is 48.5 Å². The lowest BCUT2D eigenvalue weighted by molar-refractivity contribution is 0.271. The summed E-state index contributed by atoms with van der Waals surface area (Å²) in [4.78, 5) is 0.248. The topological polar surface area (TPSA) is 55.4 Å². The summed E-state index contributed by atoms with van der Waals surface area (Å²) in [5.41, 5.74) is 1.53. The Bertz CT molecular complexity index is 705. The van der Waals surface area contributed by atoms with Crippen molar-refractivity contribution in [1.29, 1.82) is 0 Å². The molecule has 0 amide bonds. The number of sulfonamides is 1. The Balaban J connectivity index is 2.08. The number of ether oxygens (including phenoxy) is 1. The molecule has 0 unspecified atom stereocenters. The third-order valence-corrected chi connectivity index (χ3v) is 4.42. The van der Waals surface area contributed by atoms with Crippen LogP contribution < -0.4 is 9.46 Å². The summed E-state index contributed by atoms with van der Waals surface area (Å²) in [6.07, 6.45) is 0. The largest absolute Gasteiger partial charge is 0.493 e. The molecule has 0 saturated carbocycles. The molecule has 0 spiro atoms. The highest BCUT2D eigenvalue weighted by molar-refractivity contribution is 7.92. The second-order valence-corrected chi connectivity index (χ2v) is 7.33. The molecule has 2 aromatic carbocycles. The third kappa shape index (κ3) is 4.49. The van der Waals surface area contributed by atoms with Gasteiger partial charge in [-0.25, -0.2) is 8.42 Å². The minimum atomic E-state index is -3.56. The van der Waals surface area contributed by atoms with Gasteiger partial charge in [-0.3, -0.25) is 4.72 Å². The average molecular weight is 319 g/mol. The fourth-order valence-corrected chi connectivity index (χ4v) is 2.87. The molecule has 0 saturated heterocycles. The second-order valence-electron chi connectivity index (χ2n) is 5.65. The van der Waals surface area contributed by atoms with E-state index < -0.39 is 10.0 Å². The first kappa shape index (κ1) is 16.4. The minimum absolute atomic E-state index is 0.248. The maximum Gasteiger partial charge on any atom is 0.261 e. The van der Waals surface area contributed by atoms with Crippen LogP contribution in [0.4, 0.5) is 5.69 Å². The fourth-order valence-electron chi connectivity index (χ4n) is 1.81. The van der Waals surface area contributed by atoms with Crippen molar-refractivity contribution in [1.82, 2.24) is 0 Å². The van der Waals surface area contributed by atoms with E-state index in [0.717, 1.165) is 11.3 Å². The molecule has 2 rings (SSSR count). The molecule has 0 heterocycles. The number of hydrogen-bond acceptors (Lipinski definition) is 3. The van der Waals surface area contributed by atoms with Gasteiger partial charge in [0.05, 0.1) is 11.5 Å². The summed E-state index contributed by atoms with van der Waals surface area (Å²) in [6, 6.07) is 13.7. The smallest absolute Gasteiger partial charge is 0.261 e. The van der Waals surface area contributed by atoms with E-state index in [2.05, 4.69) is 18.6 Å². The predicted octanol–water partition coefficient (Wildman–Crippen LogP) is 3.83. The van der Waals surface area contributed by atoms with Crippen LogP contribution in [0.2, 0.25) is 0 Å². The first-order valence-electron chi connectivity index (χ1n) is 7.19. The van der Waals surface area contributed by atoms with E-state index in [0.29, 0.717) is 18.2 Å². The normalized spacial score (nSPS) is 11.5. The quantitative estimate of drug-likeness (QED) is 0.880. The van der Waals surface area contributed by atoms with Crippen molar-refractivity contribution in [2.24, 2.45) is 5.92 Å². The monoisotopic (exact) mass is 319 g/mol. The number of benzene rings is 2. The molecule has 5 heteroatoms. The van der Waals surface area contributed by atoms with Crippen molar-refractivity contribution in [2.75, 3.05) is 11.3 Å². The summed E-state index contributed by atoms with van der Waals surface area (Å²) in [6.45, 7) is 6.70. The Kier molecular flexibility index (Phi) is 5.08. The van der Waals surface area contributed by atoms with E-state index >= 15 is 0 Å². The number of anilines is 1. The predicted molar refractivity (Wildman–Crippen MR) is 88.8 cm³/mol. The summed E-state index contributed by atoms with van der Waals surface area (Å²) < 4.78 is 32.7. The first-order valence-corrected chi connectivity index (χ1v) is 8.67. The molecule has 0 aromatic heterocycles. The molecule has 0 fully saturated rings. The molecule has 0 radical (unpaired) electrons. The van der Waals surface area contributed by atoms with Crippen LogP contribution in [-0.2, 0) is 10.0 Å². The first-order chi connectivity index (χ1) is 10.4. The molecule has 0 aliphatic carbocycles. The van der Waals surface area contributed by atoms with E-state index in [4.69, 9.17) is 4.74 Å². The number of hydrogen-bond donors (Lipinski definition) is 1. The molecule has 2 aromatic rings. The molecule has 1 N–H and O–H groups in total. The van der Waals surface area contributed by atoms with Gasteiger partial charge in [-0.05, 0) is 49.2 Å². The molecule has 4 nitrogen and oxygen atoms in total. The van der Waals surface area contributed by atoms with Gasteiger partial charge in [0.2, 0.25) is 0 Å². The lowest BCUT2D eigenvalue weighted by Crippen LogP contribution is -2.12. The van der Waals surface area contributed by atoms with Crippen LogP contribution in [0.25, 0.3) is 0 Å². The summed E-state index contributed by atoms with van der Waals surface area (Å²) in [5.74, 6) is 1.17. The van der Waals surface area contributed by atoms with Gasteiger partial charge < -0.3 is 4.74 Å². The standard InChI is InChI=1S/C17H21NO3S/c1-13(2)12-21-16-8-6-15(7-9-16)18-22(19,20)17-10-4-14(3)5-11-17/h4-11,13,18H,12H2,1-3H3. The molecule has 22 heavy (non-hydrogen) atoms. The highest BCUT2D eigenvalue weighted by Gasteiger charge is 2.13. The van der Waals surface area contributed by atoms with Gasteiger partial charge in [0.15, 0.2) is 0 Å². The van der Waals surface area contributed by atoms with E-state index in [9.17, 15) is 8.42 Å². The van der Waals surface area contributed by atoms with Crippen molar-refractivity contribution >= 4 is 15.7 Å². The zero-order valence-corrected chi connectivity index (χ0v) is 13.9. The molecule has 0 bridgehead atoms. The maximum absolute atomic E-state index is 12.3. The molecular weight excluding hydrogens is 298 g/mol. The van der Waals surface area contributed by atoms with E-state index in [1.165, 1.54) is 0 Å². The van der Waals surface area contributed by atoms with Gasteiger partial charge in [0, 0.05) is 5.69 Å². The van der Waals surface area contributed by atoms with Crippen LogP contribution in [0.3, 0.4) is 0 Å². The Labute approximate surface area is 132 Å². The molecule has 0 aliphatic heterocycles. The van der Waals surface area contributed by atoms with Crippen LogP contribution >= 0.6 is 0 Å². The van der Waals surface area contributed by atoms with E-state index in [1.807, 2.05) is 6.92 Å². The van der Waals surface area contributed by atoms with Crippen LogP contribution in [0, 0.1) is 12.8 Å². The Hall–Kier alpha value is -2.01. The van der Waals surface area contributed by atoms with Gasteiger partial charge in [0.1, 0.15) is 5.75 Å². The Morgan fingerprint density at radius 2 is 1.59 bits per heavy atom. The van der Waals surface area contributed by atoms with Crippen molar-refractivity contribution in [2.45, 2.75) is 25.7 Å². The number of aryl methyl sites for hydroxylation is 1. The van der Waals surface area contributed by atoms with Crippen LogP contribution in [0.5, 0.6) is 5.75 Å². The molecule has 0 atom stereocenters. The van der Waals surface area contributed by atoms with Gasteiger partial charge in [-0.2, -0.15) is 0 Å². The Morgan fingerprint density at radius 3 is 2.14 bits per heavy atom. The van der Waals surface area contributed by atoms with Crippen LogP contribution in [0.15, 0.2) is 53.4 Å². The van der Waals surface area contributed by atoms with Crippen LogP contribution in [-0.4, -0.2) is 15.0 Å². The third-order valence-electron chi connectivity index (χ3n) is 3.02. The maximum atomic E-state index is 12.3. The Morgan fingerprint density at radius 1 is 1.00 bits per heavy atom. The van der Waals surface area contributed by atoms with Crippen molar-refractivity contribution in [3.63, 3.8) is 0 Å². The minimum Gasteiger partial charge on any atom is -0.493 e. The lowest BCUT2D eigenvalue weighted by Gasteiger charge is -2.11. The van der Waals surface area contributed by atoms with Gasteiger partial charge in [-0.1, -0.05) is 31.5 Å². The number of nitrogens with one attached hydrogen (secondary N) is 1. The summed E-state index contributed by atoms with van der Waals surface area (Å²) >= 11 is 0. The van der Waals surface area contributed by atoms with Crippen LogP contribution in [0.1, 0.15) is 19.4 Å². The van der Waals surface area contributed by atoms with Gasteiger partial charge in [0.25, 0.3) is 10.0 Å². The van der Waals surface area contributed by atoms with Gasteiger partial charge >= 0.3 is 0 Å². The SMILES string of the molecule is Cc1ccc(S(=O)(=O)Nc2ccc(OCC(C)C)cc2)cc1. The lowest BCUT2D eigenvalue weighted by atomic mass is 10.2.